The summed E-state index contributed by atoms with van der Waals surface area (Å²) in [5, 5.41) is 1.95. The van der Waals surface area contributed by atoms with Crippen molar-refractivity contribution in [3.63, 3.8) is 0 Å². The van der Waals surface area contributed by atoms with Crippen LogP contribution in [0.5, 0.6) is 0 Å². The van der Waals surface area contributed by atoms with Crippen LogP contribution in [0.3, 0.4) is 0 Å². The van der Waals surface area contributed by atoms with Crippen LogP contribution in [0.15, 0.2) is 46.8 Å². The minimum Gasteiger partial charge on any atom is -0.465 e. The highest BCUT2D eigenvalue weighted by Gasteiger charge is 2.11. The topological polar surface area (TPSA) is 69.9 Å². The van der Waals surface area contributed by atoms with E-state index >= 15 is 0 Å². The summed E-state index contributed by atoms with van der Waals surface area (Å²) < 4.78 is 13.0. The van der Waals surface area contributed by atoms with Gasteiger partial charge in [-0.1, -0.05) is 17.4 Å². The number of hydrogen-bond acceptors (Lipinski definition) is 6. The molecule has 28 heavy (non-hydrogen) atoms. The van der Waals surface area contributed by atoms with Crippen molar-refractivity contribution in [2.45, 2.75) is 13.5 Å². The van der Waals surface area contributed by atoms with Crippen LogP contribution >= 0.6 is 22.7 Å². The van der Waals surface area contributed by atoms with Gasteiger partial charge in [0, 0.05) is 24.1 Å². The number of amides is 1. The minimum atomic E-state index is -0.399. The van der Waals surface area contributed by atoms with Gasteiger partial charge in [-0.15, -0.1) is 11.3 Å². The number of hydrogen-bond donors (Lipinski definition) is 0. The van der Waals surface area contributed by atoms with Gasteiger partial charge in [-0.05, 0) is 42.6 Å². The van der Waals surface area contributed by atoms with E-state index in [1.165, 1.54) is 24.5 Å². The first kappa shape index (κ1) is 20.2. The molecule has 3 aromatic rings. The van der Waals surface area contributed by atoms with Crippen molar-refractivity contribution in [3.05, 3.63) is 57.0 Å². The van der Waals surface area contributed by atoms with Crippen molar-refractivity contribution in [1.82, 2.24) is 4.57 Å². The quantitative estimate of drug-likeness (QED) is 0.334. The molecular weight excluding hydrogens is 396 g/mol. The molecule has 0 bridgehead atoms. The Morgan fingerprint density at radius 1 is 1.29 bits per heavy atom. The average Bonchev–Trinajstić information content (AvgIpc) is 3.33. The molecule has 0 saturated carbocycles. The second-order valence-corrected chi connectivity index (χ2v) is 7.69. The van der Waals surface area contributed by atoms with E-state index < -0.39 is 5.97 Å². The third kappa shape index (κ3) is 4.83. The molecule has 2 aromatic heterocycles. The fourth-order valence-electron chi connectivity index (χ4n) is 2.59. The van der Waals surface area contributed by atoms with Crippen LogP contribution < -0.4 is 4.80 Å². The van der Waals surface area contributed by atoms with Gasteiger partial charge in [-0.3, -0.25) is 4.79 Å². The Bertz CT molecular complexity index is 1060. The summed E-state index contributed by atoms with van der Waals surface area (Å²) in [7, 11) is 1.35. The number of benzene rings is 1. The molecule has 146 valence electrons. The SMILES string of the molecule is CCOCCn1c(=NC(=O)/C=C/c2cccs2)sc2cc(C(=O)OC)ccc21. The van der Waals surface area contributed by atoms with Gasteiger partial charge in [0.1, 0.15) is 0 Å². The zero-order chi connectivity index (χ0) is 19.9. The van der Waals surface area contributed by atoms with Crippen LogP contribution in [-0.4, -0.2) is 36.8 Å². The van der Waals surface area contributed by atoms with Crippen molar-refractivity contribution < 1.29 is 19.1 Å². The summed E-state index contributed by atoms with van der Waals surface area (Å²) in [6.45, 7) is 3.62. The van der Waals surface area contributed by atoms with Crippen molar-refractivity contribution in [2.24, 2.45) is 4.99 Å². The van der Waals surface area contributed by atoms with E-state index in [0.717, 1.165) is 15.1 Å². The molecule has 0 radical (unpaired) electrons. The number of rotatable bonds is 7. The molecule has 2 heterocycles. The highest BCUT2D eigenvalue weighted by Crippen LogP contribution is 2.20. The van der Waals surface area contributed by atoms with Crippen LogP contribution in [0.1, 0.15) is 22.2 Å². The maximum atomic E-state index is 12.3. The lowest BCUT2D eigenvalue weighted by Crippen LogP contribution is -2.19. The fraction of sp³-hybridized carbons (Fsp3) is 0.250. The first-order chi connectivity index (χ1) is 13.6. The van der Waals surface area contributed by atoms with Gasteiger partial charge in [-0.25, -0.2) is 4.79 Å². The van der Waals surface area contributed by atoms with Crippen molar-refractivity contribution >= 4 is 50.8 Å². The van der Waals surface area contributed by atoms with Crippen LogP contribution in [-0.2, 0) is 20.8 Å². The Morgan fingerprint density at radius 2 is 2.14 bits per heavy atom. The monoisotopic (exact) mass is 416 g/mol. The van der Waals surface area contributed by atoms with Gasteiger partial charge in [-0.2, -0.15) is 4.99 Å². The smallest absolute Gasteiger partial charge is 0.337 e. The van der Waals surface area contributed by atoms with Gasteiger partial charge < -0.3 is 14.0 Å². The van der Waals surface area contributed by atoms with Crippen molar-refractivity contribution in [1.29, 1.82) is 0 Å². The third-order valence-electron chi connectivity index (χ3n) is 3.91. The molecule has 0 aliphatic heterocycles. The number of nitrogens with zero attached hydrogens (tertiary/aromatic N) is 2. The summed E-state index contributed by atoms with van der Waals surface area (Å²) >= 11 is 2.91. The number of carbonyl (C=O) groups excluding carboxylic acids is 2. The molecular formula is C20H20N2O4S2. The second-order valence-electron chi connectivity index (χ2n) is 5.71. The predicted molar refractivity (Wildman–Crippen MR) is 112 cm³/mol. The number of carbonyl (C=O) groups is 2. The number of thiazole rings is 1. The summed E-state index contributed by atoms with van der Waals surface area (Å²) in [5.41, 5.74) is 1.36. The number of esters is 1. The lowest BCUT2D eigenvalue weighted by molar-refractivity contribution is -0.113. The molecule has 0 unspecified atom stereocenters. The molecule has 6 nitrogen and oxygen atoms in total. The summed E-state index contributed by atoms with van der Waals surface area (Å²) in [6.07, 6.45) is 3.21. The fourth-order valence-corrected chi connectivity index (χ4v) is 4.31. The van der Waals surface area contributed by atoms with Gasteiger partial charge >= 0.3 is 5.97 Å². The molecule has 3 rings (SSSR count). The third-order valence-corrected chi connectivity index (χ3v) is 5.79. The Balaban J connectivity index is 1.99. The maximum Gasteiger partial charge on any atom is 0.337 e. The molecule has 0 spiro atoms. The van der Waals surface area contributed by atoms with Crippen molar-refractivity contribution in [3.8, 4) is 0 Å². The predicted octanol–water partition coefficient (Wildman–Crippen LogP) is 3.73. The number of fused-ring (bicyclic) bond motifs is 1. The minimum absolute atomic E-state index is 0.335. The van der Waals surface area contributed by atoms with E-state index in [2.05, 4.69) is 4.99 Å². The molecule has 0 aliphatic carbocycles. The molecule has 0 saturated heterocycles. The van der Waals surface area contributed by atoms with Crippen LogP contribution in [0.25, 0.3) is 16.3 Å². The summed E-state index contributed by atoms with van der Waals surface area (Å²) in [6, 6.07) is 9.17. The standard InChI is InChI=1S/C20H20N2O4S2/c1-3-26-11-10-22-16-8-6-14(19(24)25-2)13-17(16)28-20(22)21-18(23)9-7-15-5-4-12-27-15/h4-9,12-13H,3,10-11H2,1-2H3/b9-7+,21-20?. The summed E-state index contributed by atoms with van der Waals surface area (Å²) in [5.74, 6) is -0.733. The van der Waals surface area contributed by atoms with E-state index in [1.54, 1.807) is 29.5 Å². The normalized spacial score (nSPS) is 12.1. The molecule has 1 amide bonds. The van der Waals surface area contributed by atoms with Crippen LogP contribution in [0, 0.1) is 0 Å². The maximum absolute atomic E-state index is 12.3. The zero-order valence-corrected chi connectivity index (χ0v) is 17.2. The Morgan fingerprint density at radius 3 is 2.86 bits per heavy atom. The first-order valence-electron chi connectivity index (χ1n) is 8.72. The lowest BCUT2D eigenvalue weighted by atomic mass is 10.2. The molecule has 0 aliphatic rings. The second kappa shape index (κ2) is 9.59. The van der Waals surface area contributed by atoms with Crippen LogP contribution in [0.2, 0.25) is 0 Å². The Labute approximate surface area is 170 Å². The largest absolute Gasteiger partial charge is 0.465 e. The Kier molecular flexibility index (Phi) is 6.91. The highest BCUT2D eigenvalue weighted by atomic mass is 32.1. The van der Waals surface area contributed by atoms with E-state index in [1.807, 2.05) is 35.1 Å². The van der Waals surface area contributed by atoms with Crippen molar-refractivity contribution in [2.75, 3.05) is 20.3 Å². The number of thiophene rings is 1. The number of methoxy groups -OCH3 is 1. The van der Waals surface area contributed by atoms with Gasteiger partial charge in [0.25, 0.3) is 5.91 Å². The van der Waals surface area contributed by atoms with E-state index in [0.29, 0.717) is 30.1 Å². The zero-order valence-electron chi connectivity index (χ0n) is 15.6. The number of ether oxygens (including phenoxy) is 2. The number of aromatic nitrogens is 1. The molecule has 0 fully saturated rings. The molecule has 8 heteroatoms. The Hall–Kier alpha value is -2.55. The van der Waals surface area contributed by atoms with Crippen LogP contribution in [0.4, 0.5) is 0 Å². The van der Waals surface area contributed by atoms with E-state index in [-0.39, 0.29) is 5.91 Å². The molecule has 0 atom stereocenters. The van der Waals surface area contributed by atoms with E-state index in [4.69, 9.17) is 9.47 Å². The van der Waals surface area contributed by atoms with Gasteiger partial charge in [0.05, 0.1) is 29.5 Å². The first-order valence-corrected chi connectivity index (χ1v) is 10.4. The highest BCUT2D eigenvalue weighted by molar-refractivity contribution is 7.16. The van der Waals surface area contributed by atoms with Gasteiger partial charge in [0.2, 0.25) is 0 Å². The summed E-state index contributed by atoms with van der Waals surface area (Å²) in [4.78, 5) is 29.9. The average molecular weight is 417 g/mol. The van der Waals surface area contributed by atoms with Gasteiger partial charge in [0.15, 0.2) is 4.80 Å². The van der Waals surface area contributed by atoms with E-state index in [9.17, 15) is 9.59 Å². The lowest BCUT2D eigenvalue weighted by Gasteiger charge is -2.05. The molecule has 0 N–H and O–H groups in total. The molecule has 1 aromatic carbocycles.